The maximum absolute atomic E-state index is 12.2. The third-order valence-corrected chi connectivity index (χ3v) is 3.62. The van der Waals surface area contributed by atoms with E-state index in [4.69, 9.17) is 0 Å². The number of para-hydroxylation sites is 1. The van der Waals surface area contributed by atoms with E-state index in [9.17, 15) is 9.59 Å². The first-order chi connectivity index (χ1) is 10.1. The van der Waals surface area contributed by atoms with E-state index in [1.54, 1.807) is 4.90 Å². The zero-order valence-corrected chi connectivity index (χ0v) is 14.6. The lowest BCUT2D eigenvalue weighted by Gasteiger charge is -2.26. The predicted molar refractivity (Wildman–Crippen MR) is 90.9 cm³/mol. The van der Waals surface area contributed by atoms with Crippen LogP contribution in [-0.2, 0) is 15.0 Å². The van der Waals surface area contributed by atoms with Gasteiger partial charge < -0.3 is 10.2 Å². The van der Waals surface area contributed by atoms with Crippen LogP contribution in [0.15, 0.2) is 24.3 Å². The van der Waals surface area contributed by atoms with Crippen LogP contribution >= 0.6 is 0 Å². The molecule has 0 radical (unpaired) electrons. The molecule has 1 N–H and O–H groups in total. The molecule has 1 aromatic rings. The standard InChI is InChI=1S/C18H28N2O2/c1-13(2)20(14(3)21)12-11-17(22)19-16-10-8-7-9-15(16)18(4,5)6/h7-10,13H,11-12H2,1-6H3,(H,19,22). The molecule has 0 fully saturated rings. The highest BCUT2D eigenvalue weighted by Gasteiger charge is 2.19. The van der Waals surface area contributed by atoms with Gasteiger partial charge >= 0.3 is 0 Å². The van der Waals surface area contributed by atoms with E-state index in [0.717, 1.165) is 11.3 Å². The van der Waals surface area contributed by atoms with Gasteiger partial charge in [0, 0.05) is 31.6 Å². The Labute approximate surface area is 133 Å². The van der Waals surface area contributed by atoms with E-state index in [1.807, 2.05) is 38.1 Å². The van der Waals surface area contributed by atoms with Crippen molar-refractivity contribution >= 4 is 17.5 Å². The van der Waals surface area contributed by atoms with Crippen LogP contribution in [0.5, 0.6) is 0 Å². The number of nitrogens with one attached hydrogen (secondary N) is 1. The van der Waals surface area contributed by atoms with Crippen LogP contribution in [0, 0.1) is 0 Å². The molecule has 4 nitrogen and oxygen atoms in total. The summed E-state index contributed by atoms with van der Waals surface area (Å²) in [7, 11) is 0. The Kier molecular flexibility index (Phi) is 6.15. The molecular formula is C18H28N2O2. The first-order valence-electron chi connectivity index (χ1n) is 7.79. The second-order valence-electron chi connectivity index (χ2n) is 6.90. The van der Waals surface area contributed by atoms with E-state index in [1.165, 1.54) is 6.92 Å². The third kappa shape index (κ3) is 5.17. The molecular weight excluding hydrogens is 276 g/mol. The van der Waals surface area contributed by atoms with Crippen molar-refractivity contribution < 1.29 is 9.59 Å². The molecule has 0 unspecified atom stereocenters. The lowest BCUT2D eigenvalue weighted by atomic mass is 9.86. The van der Waals surface area contributed by atoms with Gasteiger partial charge in [0.2, 0.25) is 11.8 Å². The summed E-state index contributed by atoms with van der Waals surface area (Å²) < 4.78 is 0. The molecule has 22 heavy (non-hydrogen) atoms. The van der Waals surface area contributed by atoms with E-state index < -0.39 is 0 Å². The molecule has 0 heterocycles. The molecule has 1 rings (SSSR count). The minimum atomic E-state index is -0.0661. The summed E-state index contributed by atoms with van der Waals surface area (Å²) in [5, 5.41) is 2.97. The highest BCUT2D eigenvalue weighted by molar-refractivity contribution is 5.92. The van der Waals surface area contributed by atoms with Gasteiger partial charge in [0.1, 0.15) is 0 Å². The Bertz CT molecular complexity index is 530. The van der Waals surface area contributed by atoms with Gasteiger partial charge in [0.15, 0.2) is 0 Å². The summed E-state index contributed by atoms with van der Waals surface area (Å²) in [6, 6.07) is 7.95. The van der Waals surface area contributed by atoms with E-state index in [-0.39, 0.29) is 23.3 Å². The molecule has 122 valence electrons. The second-order valence-corrected chi connectivity index (χ2v) is 6.90. The fourth-order valence-electron chi connectivity index (χ4n) is 2.46. The van der Waals surface area contributed by atoms with E-state index in [2.05, 4.69) is 26.1 Å². The number of nitrogens with zero attached hydrogens (tertiary/aromatic N) is 1. The first kappa shape index (κ1) is 18.2. The smallest absolute Gasteiger partial charge is 0.226 e. The average Bonchev–Trinajstić information content (AvgIpc) is 2.37. The van der Waals surface area contributed by atoms with Crippen molar-refractivity contribution in [2.24, 2.45) is 0 Å². The van der Waals surface area contributed by atoms with Crippen molar-refractivity contribution in [1.82, 2.24) is 4.90 Å². The zero-order valence-electron chi connectivity index (χ0n) is 14.6. The lowest BCUT2D eigenvalue weighted by molar-refractivity contribution is -0.130. The summed E-state index contributed by atoms with van der Waals surface area (Å²) in [6.45, 7) is 12.2. The highest BCUT2D eigenvalue weighted by atomic mass is 16.2. The van der Waals surface area contributed by atoms with E-state index >= 15 is 0 Å². The van der Waals surface area contributed by atoms with Crippen LogP contribution < -0.4 is 5.32 Å². The maximum Gasteiger partial charge on any atom is 0.226 e. The number of carbonyl (C=O) groups is 2. The monoisotopic (exact) mass is 304 g/mol. The molecule has 0 saturated heterocycles. The van der Waals surface area contributed by atoms with Crippen LogP contribution in [0.4, 0.5) is 5.69 Å². The summed E-state index contributed by atoms with van der Waals surface area (Å²) in [6.07, 6.45) is 0.302. The zero-order chi connectivity index (χ0) is 16.9. The van der Waals surface area contributed by atoms with Crippen molar-refractivity contribution in [1.29, 1.82) is 0 Å². The fraction of sp³-hybridized carbons (Fsp3) is 0.556. The van der Waals surface area contributed by atoms with Crippen molar-refractivity contribution in [2.45, 2.75) is 59.4 Å². The summed E-state index contributed by atoms with van der Waals surface area (Å²) in [5.41, 5.74) is 1.92. The van der Waals surface area contributed by atoms with Gasteiger partial charge in [-0.1, -0.05) is 39.0 Å². The Hall–Kier alpha value is -1.84. The number of rotatable bonds is 5. The van der Waals surface area contributed by atoms with Crippen molar-refractivity contribution in [3.63, 3.8) is 0 Å². The van der Waals surface area contributed by atoms with Crippen molar-refractivity contribution in [3.8, 4) is 0 Å². The summed E-state index contributed by atoms with van der Waals surface area (Å²) >= 11 is 0. The van der Waals surface area contributed by atoms with Gasteiger partial charge in [-0.25, -0.2) is 0 Å². The predicted octanol–water partition coefficient (Wildman–Crippen LogP) is 3.57. The largest absolute Gasteiger partial charge is 0.340 e. The van der Waals surface area contributed by atoms with Gasteiger partial charge in [-0.3, -0.25) is 9.59 Å². The molecule has 0 aliphatic carbocycles. The Balaban J connectivity index is 2.73. The van der Waals surface area contributed by atoms with Gasteiger partial charge in [-0.15, -0.1) is 0 Å². The number of carbonyl (C=O) groups excluding carboxylic acids is 2. The molecule has 0 aliphatic heterocycles. The number of hydrogen-bond acceptors (Lipinski definition) is 2. The quantitative estimate of drug-likeness (QED) is 0.904. The fourth-order valence-corrected chi connectivity index (χ4v) is 2.46. The van der Waals surface area contributed by atoms with Crippen molar-refractivity contribution in [2.75, 3.05) is 11.9 Å². The first-order valence-corrected chi connectivity index (χ1v) is 7.79. The minimum absolute atomic E-state index is 0.00195. The molecule has 0 saturated carbocycles. The minimum Gasteiger partial charge on any atom is -0.340 e. The summed E-state index contributed by atoms with van der Waals surface area (Å²) in [4.78, 5) is 25.4. The number of hydrogen-bond donors (Lipinski definition) is 1. The van der Waals surface area contributed by atoms with Crippen LogP contribution in [0.25, 0.3) is 0 Å². The Morgan fingerprint density at radius 3 is 2.27 bits per heavy atom. The molecule has 0 atom stereocenters. The Morgan fingerprint density at radius 2 is 1.77 bits per heavy atom. The molecule has 2 amide bonds. The molecule has 0 aliphatic rings. The Morgan fingerprint density at radius 1 is 1.18 bits per heavy atom. The molecule has 0 aromatic heterocycles. The molecule has 1 aromatic carbocycles. The van der Waals surface area contributed by atoms with Gasteiger partial charge in [-0.2, -0.15) is 0 Å². The normalized spacial score (nSPS) is 11.4. The van der Waals surface area contributed by atoms with Crippen LogP contribution in [0.3, 0.4) is 0 Å². The van der Waals surface area contributed by atoms with Gasteiger partial charge in [0.25, 0.3) is 0 Å². The average molecular weight is 304 g/mol. The van der Waals surface area contributed by atoms with Gasteiger partial charge in [0.05, 0.1) is 0 Å². The topological polar surface area (TPSA) is 49.4 Å². The maximum atomic E-state index is 12.2. The van der Waals surface area contributed by atoms with Crippen molar-refractivity contribution in [3.05, 3.63) is 29.8 Å². The summed E-state index contributed by atoms with van der Waals surface area (Å²) in [5.74, 6) is -0.0681. The molecule has 4 heteroatoms. The van der Waals surface area contributed by atoms with Gasteiger partial charge in [-0.05, 0) is 30.9 Å². The van der Waals surface area contributed by atoms with Crippen LogP contribution in [-0.4, -0.2) is 29.3 Å². The SMILES string of the molecule is CC(=O)N(CCC(=O)Nc1ccccc1C(C)(C)C)C(C)C. The van der Waals surface area contributed by atoms with E-state index in [0.29, 0.717) is 13.0 Å². The molecule has 0 spiro atoms. The van der Waals surface area contributed by atoms with Crippen LogP contribution in [0.1, 0.15) is 53.5 Å². The molecule has 0 bridgehead atoms. The third-order valence-electron chi connectivity index (χ3n) is 3.62. The second kappa shape index (κ2) is 7.43. The number of benzene rings is 1. The highest BCUT2D eigenvalue weighted by Crippen LogP contribution is 2.29. The lowest BCUT2D eigenvalue weighted by Crippen LogP contribution is -2.37. The number of amides is 2. The van der Waals surface area contributed by atoms with Crippen LogP contribution in [0.2, 0.25) is 0 Å². The number of anilines is 1.